The van der Waals surface area contributed by atoms with Crippen molar-refractivity contribution in [3.8, 4) is 0 Å². The molecule has 1 fully saturated rings. The molecule has 0 aromatic heterocycles. The second-order valence-corrected chi connectivity index (χ2v) is 3.91. The number of anilines is 1. The number of hydrogen-bond acceptors (Lipinski definition) is 3. The molecule has 0 bridgehead atoms. The lowest BCUT2D eigenvalue weighted by Gasteiger charge is -2.24. The number of benzene rings is 1. The molecule has 0 unspecified atom stereocenters. The van der Waals surface area contributed by atoms with Crippen LogP contribution in [-0.4, -0.2) is 30.3 Å². The molecule has 1 aromatic rings. The van der Waals surface area contributed by atoms with Crippen LogP contribution >= 0.6 is 0 Å². The Balaban J connectivity index is 1.96. The fourth-order valence-electron chi connectivity index (χ4n) is 1.79. The highest BCUT2D eigenvalue weighted by molar-refractivity contribution is 5.87. The first-order valence-corrected chi connectivity index (χ1v) is 5.43. The van der Waals surface area contributed by atoms with Gasteiger partial charge in [-0.2, -0.15) is 0 Å². The minimum absolute atomic E-state index is 0.317. The smallest absolute Gasteiger partial charge is 0.335 e. The third kappa shape index (κ3) is 2.73. The molecule has 0 amide bonds. The molecule has 4 nitrogen and oxygen atoms in total. The van der Waals surface area contributed by atoms with Crippen molar-refractivity contribution in [1.29, 1.82) is 0 Å². The maximum atomic E-state index is 10.7. The molecule has 86 valence electrons. The van der Waals surface area contributed by atoms with E-state index in [1.807, 2.05) is 0 Å². The second-order valence-electron chi connectivity index (χ2n) is 3.91. The van der Waals surface area contributed by atoms with E-state index in [4.69, 9.17) is 9.84 Å². The predicted molar refractivity (Wildman–Crippen MR) is 60.9 cm³/mol. The van der Waals surface area contributed by atoms with Crippen molar-refractivity contribution in [1.82, 2.24) is 0 Å². The van der Waals surface area contributed by atoms with Crippen LogP contribution in [-0.2, 0) is 4.74 Å². The van der Waals surface area contributed by atoms with Gasteiger partial charge >= 0.3 is 5.97 Å². The summed E-state index contributed by atoms with van der Waals surface area (Å²) in [6.45, 7) is 1.59. The molecule has 2 N–H and O–H groups in total. The highest BCUT2D eigenvalue weighted by atomic mass is 16.5. The summed E-state index contributed by atoms with van der Waals surface area (Å²) < 4.78 is 5.27. The molecule has 1 aromatic carbocycles. The van der Waals surface area contributed by atoms with Crippen LogP contribution in [0.3, 0.4) is 0 Å². The Kier molecular flexibility index (Phi) is 3.41. The second kappa shape index (κ2) is 4.99. The number of carboxylic acid groups (broad SMARTS) is 1. The van der Waals surface area contributed by atoms with Crippen LogP contribution in [0.2, 0.25) is 0 Å². The lowest BCUT2D eigenvalue weighted by Crippen LogP contribution is -2.27. The summed E-state index contributed by atoms with van der Waals surface area (Å²) in [5.41, 5.74) is 1.29. The van der Waals surface area contributed by atoms with Gasteiger partial charge in [-0.05, 0) is 37.1 Å². The van der Waals surface area contributed by atoms with Gasteiger partial charge in [0.1, 0.15) is 0 Å². The molecule has 4 heteroatoms. The number of carboxylic acids is 1. The molecule has 0 atom stereocenters. The molecule has 0 radical (unpaired) electrons. The summed E-state index contributed by atoms with van der Waals surface area (Å²) >= 11 is 0. The van der Waals surface area contributed by atoms with Crippen molar-refractivity contribution < 1.29 is 14.6 Å². The maximum absolute atomic E-state index is 10.7. The normalized spacial score (nSPS) is 17.0. The Morgan fingerprint density at radius 3 is 2.44 bits per heavy atom. The molecule has 2 rings (SSSR count). The van der Waals surface area contributed by atoms with E-state index in [1.54, 1.807) is 24.3 Å². The Bertz CT molecular complexity index is 355. The zero-order valence-electron chi connectivity index (χ0n) is 8.98. The van der Waals surface area contributed by atoms with Crippen LogP contribution in [0.15, 0.2) is 24.3 Å². The fraction of sp³-hybridized carbons (Fsp3) is 0.417. The molecule has 0 aliphatic carbocycles. The third-order valence-corrected chi connectivity index (χ3v) is 2.72. The lowest BCUT2D eigenvalue weighted by atomic mass is 10.1. The number of nitrogens with one attached hydrogen (secondary N) is 1. The number of carbonyl (C=O) groups is 1. The minimum Gasteiger partial charge on any atom is -0.478 e. The van der Waals surface area contributed by atoms with Crippen LogP contribution in [0, 0.1) is 0 Å². The summed E-state index contributed by atoms with van der Waals surface area (Å²) in [5, 5.41) is 12.1. The monoisotopic (exact) mass is 221 g/mol. The highest BCUT2D eigenvalue weighted by Crippen LogP contribution is 2.15. The number of hydrogen-bond donors (Lipinski definition) is 2. The van der Waals surface area contributed by atoms with Crippen molar-refractivity contribution in [3.63, 3.8) is 0 Å². The SMILES string of the molecule is O=C(O)c1ccc(NC2CCOCC2)cc1. The van der Waals surface area contributed by atoms with Gasteiger partial charge in [0.25, 0.3) is 0 Å². The average Bonchev–Trinajstić information content (AvgIpc) is 2.31. The molecule has 1 aliphatic heterocycles. The topological polar surface area (TPSA) is 58.6 Å². The van der Waals surface area contributed by atoms with Gasteiger partial charge in [0, 0.05) is 24.9 Å². The largest absolute Gasteiger partial charge is 0.478 e. The van der Waals surface area contributed by atoms with E-state index in [1.165, 1.54) is 0 Å². The van der Waals surface area contributed by atoms with Gasteiger partial charge in [-0.1, -0.05) is 0 Å². The van der Waals surface area contributed by atoms with Crippen LogP contribution in [0.1, 0.15) is 23.2 Å². The zero-order valence-corrected chi connectivity index (χ0v) is 8.98. The Labute approximate surface area is 94.2 Å². The quantitative estimate of drug-likeness (QED) is 0.819. The average molecular weight is 221 g/mol. The lowest BCUT2D eigenvalue weighted by molar-refractivity contribution is 0.0697. The van der Waals surface area contributed by atoms with Gasteiger partial charge in [-0.25, -0.2) is 4.79 Å². The summed E-state index contributed by atoms with van der Waals surface area (Å²) in [5.74, 6) is -0.891. The zero-order chi connectivity index (χ0) is 11.4. The van der Waals surface area contributed by atoms with Gasteiger partial charge in [0.15, 0.2) is 0 Å². The highest BCUT2D eigenvalue weighted by Gasteiger charge is 2.13. The van der Waals surface area contributed by atoms with E-state index in [2.05, 4.69) is 5.32 Å². The van der Waals surface area contributed by atoms with Gasteiger partial charge in [0.05, 0.1) is 5.56 Å². The van der Waals surface area contributed by atoms with Crippen LogP contribution < -0.4 is 5.32 Å². The molecular weight excluding hydrogens is 206 g/mol. The molecule has 0 spiro atoms. The van der Waals surface area contributed by atoms with Crippen molar-refractivity contribution in [2.24, 2.45) is 0 Å². The first-order valence-electron chi connectivity index (χ1n) is 5.43. The van der Waals surface area contributed by atoms with E-state index >= 15 is 0 Å². The first-order chi connectivity index (χ1) is 7.75. The van der Waals surface area contributed by atoms with E-state index in [9.17, 15) is 4.79 Å². The summed E-state index contributed by atoms with van der Waals surface area (Å²) in [7, 11) is 0. The van der Waals surface area contributed by atoms with Crippen LogP contribution in [0.5, 0.6) is 0 Å². The third-order valence-electron chi connectivity index (χ3n) is 2.72. The summed E-state index contributed by atoms with van der Waals surface area (Å²) in [6, 6.07) is 7.27. The van der Waals surface area contributed by atoms with Crippen molar-refractivity contribution >= 4 is 11.7 Å². The molecule has 1 aliphatic rings. The van der Waals surface area contributed by atoms with Crippen LogP contribution in [0.25, 0.3) is 0 Å². The molecular formula is C12H15NO3. The Morgan fingerprint density at radius 2 is 1.88 bits per heavy atom. The number of aromatic carboxylic acids is 1. The number of ether oxygens (including phenoxy) is 1. The first kappa shape index (κ1) is 11.0. The number of rotatable bonds is 3. The summed E-state index contributed by atoms with van der Waals surface area (Å²) in [4.78, 5) is 10.7. The predicted octanol–water partition coefficient (Wildman–Crippen LogP) is 1.98. The maximum Gasteiger partial charge on any atom is 0.335 e. The molecule has 1 heterocycles. The van der Waals surface area contributed by atoms with E-state index < -0.39 is 5.97 Å². The van der Waals surface area contributed by atoms with Gasteiger partial charge in [0.2, 0.25) is 0 Å². The molecule has 0 saturated carbocycles. The van der Waals surface area contributed by atoms with Gasteiger partial charge in [-0.3, -0.25) is 0 Å². The molecule has 1 saturated heterocycles. The van der Waals surface area contributed by atoms with Crippen molar-refractivity contribution in [3.05, 3.63) is 29.8 Å². The summed E-state index contributed by atoms with van der Waals surface area (Å²) in [6.07, 6.45) is 2.00. The standard InChI is InChI=1S/C12H15NO3/c14-12(15)9-1-3-10(4-2-9)13-11-5-7-16-8-6-11/h1-4,11,13H,5-8H2,(H,14,15). The van der Waals surface area contributed by atoms with E-state index in [0.29, 0.717) is 11.6 Å². The van der Waals surface area contributed by atoms with Gasteiger partial charge in [-0.15, -0.1) is 0 Å². The molecule has 16 heavy (non-hydrogen) atoms. The van der Waals surface area contributed by atoms with Crippen molar-refractivity contribution in [2.45, 2.75) is 18.9 Å². The van der Waals surface area contributed by atoms with E-state index in [-0.39, 0.29) is 0 Å². The van der Waals surface area contributed by atoms with Crippen LogP contribution in [0.4, 0.5) is 5.69 Å². The van der Waals surface area contributed by atoms with E-state index in [0.717, 1.165) is 31.7 Å². The fourth-order valence-corrected chi connectivity index (χ4v) is 1.79. The minimum atomic E-state index is -0.891. The van der Waals surface area contributed by atoms with Gasteiger partial charge < -0.3 is 15.2 Å². The van der Waals surface area contributed by atoms with Crippen molar-refractivity contribution in [2.75, 3.05) is 18.5 Å². The Morgan fingerprint density at radius 1 is 1.25 bits per heavy atom. The Hall–Kier alpha value is -1.55.